The number of halogens is 1. The highest BCUT2D eigenvalue weighted by Gasteiger charge is 2.24. The number of hydrogen-bond acceptors (Lipinski definition) is 5. The van der Waals surface area contributed by atoms with Crippen molar-refractivity contribution in [1.82, 2.24) is 4.98 Å². The van der Waals surface area contributed by atoms with Gasteiger partial charge in [-0.1, -0.05) is 0 Å². The lowest BCUT2D eigenvalue weighted by Crippen LogP contribution is -2.45. The van der Waals surface area contributed by atoms with E-state index in [0.29, 0.717) is 35.4 Å². The molecular formula is C21H21FN4O4. The number of nitro groups is 1. The minimum atomic E-state index is -0.518. The fraction of sp³-hybridized carbons (Fsp3) is 0.286. The van der Waals surface area contributed by atoms with Crippen LogP contribution in [0.4, 0.5) is 21.5 Å². The number of aromatic nitrogens is 1. The molecule has 2 N–H and O–H groups in total. The van der Waals surface area contributed by atoms with E-state index in [1.54, 1.807) is 18.2 Å². The number of benzene rings is 2. The molecule has 9 heteroatoms. The van der Waals surface area contributed by atoms with Crippen molar-refractivity contribution in [3.8, 4) is 0 Å². The van der Waals surface area contributed by atoms with Gasteiger partial charge in [0.25, 0.3) is 11.6 Å². The summed E-state index contributed by atoms with van der Waals surface area (Å²) in [6.45, 7) is 5.06. The van der Waals surface area contributed by atoms with Crippen molar-refractivity contribution >= 4 is 33.9 Å². The Bertz CT molecular complexity index is 1120. The smallest absolute Gasteiger partial charge is 0.270 e. The average Bonchev–Trinajstić information content (AvgIpc) is 3.10. The molecule has 0 saturated carbocycles. The normalized spacial score (nSPS) is 19.1. The molecule has 1 fully saturated rings. The number of morpholine rings is 1. The maximum absolute atomic E-state index is 14.8. The van der Waals surface area contributed by atoms with Gasteiger partial charge < -0.3 is 19.9 Å². The molecule has 1 aliphatic heterocycles. The Labute approximate surface area is 171 Å². The van der Waals surface area contributed by atoms with Crippen LogP contribution in [0.5, 0.6) is 0 Å². The van der Waals surface area contributed by atoms with Gasteiger partial charge in [-0.2, -0.15) is 0 Å². The minimum absolute atomic E-state index is 0.00143. The van der Waals surface area contributed by atoms with Crippen LogP contribution in [0.1, 0.15) is 24.2 Å². The van der Waals surface area contributed by atoms with Gasteiger partial charge in [0.15, 0.2) is 0 Å². The largest absolute Gasteiger partial charge is 0.372 e. The Morgan fingerprint density at radius 2 is 1.97 bits per heavy atom. The van der Waals surface area contributed by atoms with E-state index in [-0.39, 0.29) is 23.5 Å². The summed E-state index contributed by atoms with van der Waals surface area (Å²) in [5, 5.41) is 14.1. The first-order chi connectivity index (χ1) is 14.3. The zero-order chi connectivity index (χ0) is 21.4. The number of fused-ring (bicyclic) bond motifs is 1. The number of ether oxygens (including phenoxy) is 1. The molecule has 1 saturated heterocycles. The molecule has 156 valence electrons. The van der Waals surface area contributed by atoms with Gasteiger partial charge in [-0.3, -0.25) is 14.9 Å². The van der Waals surface area contributed by atoms with Crippen molar-refractivity contribution in [2.45, 2.75) is 26.1 Å². The summed E-state index contributed by atoms with van der Waals surface area (Å²) in [5.41, 5.74) is 1.49. The molecule has 2 atom stereocenters. The number of hydrogen-bond donors (Lipinski definition) is 2. The number of amides is 1. The third-order valence-electron chi connectivity index (χ3n) is 5.09. The molecule has 4 rings (SSSR count). The number of carbonyl (C=O) groups is 1. The Balaban J connectivity index is 1.55. The molecule has 30 heavy (non-hydrogen) atoms. The molecule has 1 aromatic heterocycles. The van der Waals surface area contributed by atoms with Crippen LogP contribution < -0.4 is 10.2 Å². The van der Waals surface area contributed by atoms with Crippen LogP contribution in [-0.2, 0) is 4.74 Å². The fourth-order valence-electron chi connectivity index (χ4n) is 3.82. The van der Waals surface area contributed by atoms with Crippen molar-refractivity contribution in [2.24, 2.45) is 0 Å². The lowest BCUT2D eigenvalue weighted by atomic mass is 10.1. The fourth-order valence-corrected chi connectivity index (χ4v) is 3.82. The average molecular weight is 412 g/mol. The standard InChI is InChI=1S/C21H21FN4O4/c1-12-10-25(11-13(2)30-12)20-6-3-14(7-18(20)22)24-21(27)17-9-23-19-5-4-15(26(28)29)8-16(17)19/h3-9,12-13,23H,10-11H2,1-2H3,(H,24,27). The van der Waals surface area contributed by atoms with Crippen LogP contribution in [0.3, 0.4) is 0 Å². The molecule has 8 nitrogen and oxygen atoms in total. The molecule has 0 aliphatic carbocycles. The zero-order valence-electron chi connectivity index (χ0n) is 16.5. The Kier molecular flexibility index (Phi) is 5.13. The highest BCUT2D eigenvalue weighted by molar-refractivity contribution is 6.13. The Morgan fingerprint density at radius 1 is 1.23 bits per heavy atom. The molecular weight excluding hydrogens is 391 g/mol. The third kappa shape index (κ3) is 3.84. The van der Waals surface area contributed by atoms with Crippen LogP contribution in [0.25, 0.3) is 10.9 Å². The van der Waals surface area contributed by atoms with Gasteiger partial charge in [-0.05, 0) is 38.1 Å². The highest BCUT2D eigenvalue weighted by Crippen LogP contribution is 2.28. The van der Waals surface area contributed by atoms with E-state index in [1.165, 1.54) is 24.4 Å². The zero-order valence-corrected chi connectivity index (χ0v) is 16.5. The van der Waals surface area contributed by atoms with Crippen molar-refractivity contribution in [3.05, 3.63) is 64.1 Å². The number of nitrogens with one attached hydrogen (secondary N) is 2. The number of H-pyrrole nitrogens is 1. The first kappa shape index (κ1) is 19.8. The van der Waals surface area contributed by atoms with Crippen molar-refractivity contribution in [1.29, 1.82) is 0 Å². The summed E-state index contributed by atoms with van der Waals surface area (Å²) in [6, 6.07) is 8.79. The second-order valence-electron chi connectivity index (χ2n) is 7.47. The van der Waals surface area contributed by atoms with Gasteiger partial charge >= 0.3 is 0 Å². The molecule has 0 spiro atoms. The van der Waals surface area contributed by atoms with Gasteiger partial charge in [0.2, 0.25) is 0 Å². The van der Waals surface area contributed by atoms with Crippen molar-refractivity contribution < 1.29 is 18.8 Å². The second kappa shape index (κ2) is 7.75. The minimum Gasteiger partial charge on any atom is -0.372 e. The number of anilines is 2. The maximum atomic E-state index is 14.8. The highest BCUT2D eigenvalue weighted by atomic mass is 19.1. The molecule has 2 unspecified atom stereocenters. The summed E-state index contributed by atoms with van der Waals surface area (Å²) in [5.74, 6) is -0.925. The molecule has 1 amide bonds. The number of rotatable bonds is 4. The molecule has 2 aromatic carbocycles. The summed E-state index contributed by atoms with van der Waals surface area (Å²) < 4.78 is 20.4. The number of aromatic amines is 1. The summed E-state index contributed by atoms with van der Waals surface area (Å²) in [6.07, 6.45) is 1.47. The number of carbonyl (C=O) groups excluding carboxylic acids is 1. The first-order valence-corrected chi connectivity index (χ1v) is 9.58. The van der Waals surface area contributed by atoms with Gasteiger partial charge in [0.1, 0.15) is 5.82 Å². The van der Waals surface area contributed by atoms with E-state index < -0.39 is 16.6 Å². The lowest BCUT2D eigenvalue weighted by Gasteiger charge is -2.37. The van der Waals surface area contributed by atoms with Crippen molar-refractivity contribution in [3.63, 3.8) is 0 Å². The van der Waals surface area contributed by atoms with Crippen LogP contribution in [0, 0.1) is 15.9 Å². The molecule has 3 aromatic rings. The maximum Gasteiger partial charge on any atom is 0.270 e. The van der Waals surface area contributed by atoms with Gasteiger partial charge in [-0.15, -0.1) is 0 Å². The lowest BCUT2D eigenvalue weighted by molar-refractivity contribution is -0.384. The second-order valence-corrected chi connectivity index (χ2v) is 7.47. The first-order valence-electron chi connectivity index (χ1n) is 9.58. The van der Waals surface area contributed by atoms with Gasteiger partial charge in [-0.25, -0.2) is 4.39 Å². The molecule has 0 bridgehead atoms. The van der Waals surface area contributed by atoms with Crippen LogP contribution >= 0.6 is 0 Å². The van der Waals surface area contributed by atoms with Gasteiger partial charge in [0, 0.05) is 48.0 Å². The van der Waals surface area contributed by atoms with E-state index >= 15 is 0 Å². The van der Waals surface area contributed by atoms with E-state index in [0.717, 1.165) is 0 Å². The topological polar surface area (TPSA) is 101 Å². The predicted molar refractivity (Wildman–Crippen MR) is 112 cm³/mol. The predicted octanol–water partition coefficient (Wildman–Crippen LogP) is 4.08. The summed E-state index contributed by atoms with van der Waals surface area (Å²) >= 11 is 0. The Morgan fingerprint density at radius 3 is 2.63 bits per heavy atom. The van der Waals surface area contributed by atoms with Crippen LogP contribution in [0.15, 0.2) is 42.6 Å². The Hall–Kier alpha value is -3.46. The van der Waals surface area contributed by atoms with E-state index in [1.807, 2.05) is 18.7 Å². The SMILES string of the molecule is CC1CN(c2ccc(NC(=O)c3c[nH]c4ccc([N+](=O)[O-])cc34)cc2F)CC(C)O1. The molecule has 0 radical (unpaired) electrons. The van der Waals surface area contributed by atoms with Crippen LogP contribution in [-0.4, -0.2) is 41.1 Å². The number of nitrogens with zero attached hydrogens (tertiary/aromatic N) is 2. The molecule has 1 aliphatic rings. The van der Waals surface area contributed by atoms with Gasteiger partial charge in [0.05, 0.1) is 28.4 Å². The van der Waals surface area contributed by atoms with E-state index in [9.17, 15) is 19.3 Å². The summed E-state index contributed by atoms with van der Waals surface area (Å²) in [7, 11) is 0. The quantitative estimate of drug-likeness (QED) is 0.497. The third-order valence-corrected chi connectivity index (χ3v) is 5.09. The monoisotopic (exact) mass is 412 g/mol. The number of nitro benzene ring substituents is 1. The van der Waals surface area contributed by atoms with E-state index in [2.05, 4.69) is 10.3 Å². The number of non-ortho nitro benzene ring substituents is 1. The van der Waals surface area contributed by atoms with E-state index in [4.69, 9.17) is 4.74 Å². The molecule has 2 heterocycles. The van der Waals surface area contributed by atoms with Crippen LogP contribution in [0.2, 0.25) is 0 Å². The van der Waals surface area contributed by atoms with Crippen molar-refractivity contribution in [2.75, 3.05) is 23.3 Å². The summed E-state index contributed by atoms with van der Waals surface area (Å²) in [4.78, 5) is 28.1.